The van der Waals surface area contributed by atoms with E-state index in [1.165, 1.54) is 0 Å². The molecular formula is C21H33NO4S. The summed E-state index contributed by atoms with van der Waals surface area (Å²) in [6.07, 6.45) is 1.16. The molecule has 0 atom stereocenters. The van der Waals surface area contributed by atoms with E-state index in [2.05, 4.69) is 18.6 Å². The van der Waals surface area contributed by atoms with Crippen molar-refractivity contribution in [3.63, 3.8) is 0 Å². The maximum Gasteiger partial charge on any atom is 0.332 e. The van der Waals surface area contributed by atoms with Crippen molar-refractivity contribution >= 4 is 16.0 Å². The Morgan fingerprint density at radius 2 is 1.52 bits per heavy atom. The van der Waals surface area contributed by atoms with Gasteiger partial charge in [-0.2, -0.15) is 0 Å². The Hall–Kier alpha value is -1.82. The average Bonchev–Trinajstić information content (AvgIpc) is 2.52. The van der Waals surface area contributed by atoms with Crippen LogP contribution in [0.4, 0.5) is 0 Å². The highest BCUT2D eigenvalue weighted by atomic mass is 32.2. The Balaban J connectivity index is 3.55. The molecule has 0 heterocycles. The second-order valence-corrected chi connectivity index (χ2v) is 9.30. The lowest BCUT2D eigenvalue weighted by molar-refractivity contribution is -0.137. The van der Waals surface area contributed by atoms with Gasteiger partial charge in [-0.15, -0.1) is 0 Å². The summed E-state index contributed by atoms with van der Waals surface area (Å²) in [7, 11) is -3.84. The van der Waals surface area contributed by atoms with Crippen LogP contribution in [0.15, 0.2) is 28.8 Å². The summed E-state index contributed by atoms with van der Waals surface area (Å²) in [6, 6.07) is 3.97. The Morgan fingerprint density at radius 1 is 1.04 bits per heavy atom. The maximum absolute atomic E-state index is 13.2. The molecule has 0 saturated carbocycles. The number of allylic oxidation sites excluding steroid dienone is 1. The number of hydrogen-bond donors (Lipinski definition) is 1. The monoisotopic (exact) mass is 395 g/mol. The quantitative estimate of drug-likeness (QED) is 0.507. The number of esters is 1. The van der Waals surface area contributed by atoms with Crippen molar-refractivity contribution in [2.24, 2.45) is 0 Å². The molecule has 1 aromatic carbocycles. The molecule has 152 valence electrons. The third kappa shape index (κ3) is 6.09. The van der Waals surface area contributed by atoms with Crippen molar-refractivity contribution in [2.45, 2.75) is 78.0 Å². The minimum Gasteiger partial charge on any atom is -0.463 e. The molecule has 0 fully saturated rings. The third-order valence-electron chi connectivity index (χ3n) is 4.26. The van der Waals surface area contributed by atoms with Gasteiger partial charge < -0.3 is 4.74 Å². The molecule has 1 aromatic rings. The van der Waals surface area contributed by atoms with Crippen molar-refractivity contribution in [1.82, 2.24) is 4.72 Å². The van der Waals surface area contributed by atoms with Crippen molar-refractivity contribution in [3.8, 4) is 0 Å². The summed E-state index contributed by atoms with van der Waals surface area (Å²) < 4.78 is 33.8. The number of nitrogens with one attached hydrogen (secondary N) is 1. The summed E-state index contributed by atoms with van der Waals surface area (Å²) in [5.74, 6) is -0.180. The molecular weight excluding hydrogens is 362 g/mol. The van der Waals surface area contributed by atoms with Crippen molar-refractivity contribution in [2.75, 3.05) is 6.61 Å². The van der Waals surface area contributed by atoms with Crippen LogP contribution in [-0.2, 0) is 19.6 Å². The number of sulfonamides is 1. The van der Waals surface area contributed by atoms with Gasteiger partial charge in [-0.05, 0) is 48.3 Å². The smallest absolute Gasteiger partial charge is 0.332 e. The van der Waals surface area contributed by atoms with Gasteiger partial charge in [-0.3, -0.25) is 4.72 Å². The van der Waals surface area contributed by atoms with E-state index < -0.39 is 16.0 Å². The number of carbonyl (C=O) groups is 1. The molecule has 1 rings (SSSR count). The van der Waals surface area contributed by atoms with Gasteiger partial charge in [0.15, 0.2) is 0 Å². The molecule has 0 aliphatic carbocycles. The van der Waals surface area contributed by atoms with Crippen LogP contribution in [0, 0.1) is 0 Å². The summed E-state index contributed by atoms with van der Waals surface area (Å²) in [5.41, 5.74) is 2.94. The third-order valence-corrected chi connectivity index (χ3v) is 5.86. The highest BCUT2D eigenvalue weighted by molar-refractivity contribution is 7.89. The van der Waals surface area contributed by atoms with Gasteiger partial charge in [-0.1, -0.05) is 53.7 Å². The zero-order valence-corrected chi connectivity index (χ0v) is 18.5. The molecule has 5 nitrogen and oxygen atoms in total. The van der Waals surface area contributed by atoms with Crippen LogP contribution in [-0.4, -0.2) is 21.0 Å². The lowest BCUT2D eigenvalue weighted by Crippen LogP contribution is -2.26. The SMILES string of the molecule is CCOC(=O)/C=C(\C)NS(=O)(=O)c1c(C(C)C)cc(C(C)C)cc1C(C)C. The normalized spacial score (nSPS) is 12.8. The van der Waals surface area contributed by atoms with E-state index in [4.69, 9.17) is 4.74 Å². The van der Waals surface area contributed by atoms with Crippen molar-refractivity contribution in [3.05, 3.63) is 40.6 Å². The molecule has 0 aromatic heterocycles. The maximum atomic E-state index is 13.2. The Bertz CT molecular complexity index is 776. The Labute approximate surface area is 164 Å². The standard InChI is InChI=1S/C21H33NO4S/c1-9-26-20(23)10-16(8)22-27(24,25)21-18(14(4)5)11-17(13(2)3)12-19(21)15(6)7/h10-15,22H,9H2,1-8H3/b16-10+. The van der Waals surface area contributed by atoms with E-state index in [-0.39, 0.29) is 24.1 Å². The number of carbonyl (C=O) groups excluding carboxylic acids is 1. The van der Waals surface area contributed by atoms with Gasteiger partial charge >= 0.3 is 5.97 Å². The van der Waals surface area contributed by atoms with Crippen LogP contribution in [0.5, 0.6) is 0 Å². The highest BCUT2D eigenvalue weighted by Crippen LogP contribution is 2.35. The zero-order valence-electron chi connectivity index (χ0n) is 17.7. The molecule has 0 aliphatic rings. The molecule has 0 unspecified atom stereocenters. The van der Waals surface area contributed by atoms with Gasteiger partial charge in [0.1, 0.15) is 0 Å². The van der Waals surface area contributed by atoms with Gasteiger partial charge in [0, 0.05) is 11.8 Å². The number of benzene rings is 1. The largest absolute Gasteiger partial charge is 0.463 e. The second kappa shape index (κ2) is 9.40. The van der Waals surface area contributed by atoms with Gasteiger partial charge in [-0.25, -0.2) is 13.2 Å². The van der Waals surface area contributed by atoms with E-state index in [9.17, 15) is 13.2 Å². The summed E-state index contributed by atoms with van der Waals surface area (Å²) in [5, 5.41) is 0. The second-order valence-electron chi connectivity index (χ2n) is 7.68. The fourth-order valence-electron chi connectivity index (χ4n) is 2.85. The Kier molecular flexibility index (Phi) is 8.08. The van der Waals surface area contributed by atoms with E-state index in [1.807, 2.05) is 39.8 Å². The van der Waals surface area contributed by atoms with Crippen LogP contribution < -0.4 is 4.72 Å². The van der Waals surface area contributed by atoms with E-state index in [0.29, 0.717) is 10.8 Å². The summed E-state index contributed by atoms with van der Waals surface area (Å²) in [6.45, 7) is 15.6. The molecule has 0 bridgehead atoms. The van der Waals surface area contributed by atoms with Crippen LogP contribution in [0.25, 0.3) is 0 Å². The zero-order chi connectivity index (χ0) is 20.9. The minimum atomic E-state index is -3.84. The molecule has 0 amide bonds. The first-order valence-corrected chi connectivity index (χ1v) is 10.9. The lowest BCUT2D eigenvalue weighted by atomic mass is 9.89. The predicted octanol–water partition coefficient (Wildman–Crippen LogP) is 4.80. The molecule has 27 heavy (non-hydrogen) atoms. The van der Waals surface area contributed by atoms with Gasteiger partial charge in [0.05, 0.1) is 11.5 Å². The van der Waals surface area contributed by atoms with Crippen LogP contribution >= 0.6 is 0 Å². The number of rotatable bonds is 8. The molecule has 0 aliphatic heterocycles. The lowest BCUT2D eigenvalue weighted by Gasteiger charge is -2.23. The number of ether oxygens (including phenoxy) is 1. The van der Waals surface area contributed by atoms with E-state index >= 15 is 0 Å². The molecule has 6 heteroatoms. The number of hydrogen-bond acceptors (Lipinski definition) is 4. The van der Waals surface area contributed by atoms with Crippen molar-refractivity contribution in [1.29, 1.82) is 0 Å². The first-order valence-electron chi connectivity index (χ1n) is 9.46. The molecule has 0 saturated heterocycles. The predicted molar refractivity (Wildman–Crippen MR) is 109 cm³/mol. The summed E-state index contributed by atoms with van der Waals surface area (Å²) >= 11 is 0. The molecule has 0 radical (unpaired) electrons. The van der Waals surface area contributed by atoms with Crippen LogP contribution in [0.2, 0.25) is 0 Å². The van der Waals surface area contributed by atoms with Crippen LogP contribution in [0.1, 0.15) is 89.8 Å². The van der Waals surface area contributed by atoms with Gasteiger partial charge in [0.2, 0.25) is 0 Å². The Morgan fingerprint density at radius 3 is 1.89 bits per heavy atom. The van der Waals surface area contributed by atoms with Crippen LogP contribution in [0.3, 0.4) is 0 Å². The van der Waals surface area contributed by atoms with E-state index in [1.54, 1.807) is 13.8 Å². The first-order chi connectivity index (χ1) is 12.4. The average molecular weight is 396 g/mol. The van der Waals surface area contributed by atoms with Gasteiger partial charge in [0.25, 0.3) is 10.0 Å². The fourth-order valence-corrected chi connectivity index (χ4v) is 4.65. The topological polar surface area (TPSA) is 72.5 Å². The van der Waals surface area contributed by atoms with Crippen molar-refractivity contribution < 1.29 is 17.9 Å². The summed E-state index contributed by atoms with van der Waals surface area (Å²) in [4.78, 5) is 11.9. The molecule has 1 N–H and O–H groups in total. The minimum absolute atomic E-state index is 0.0436. The highest BCUT2D eigenvalue weighted by Gasteiger charge is 2.27. The van der Waals surface area contributed by atoms with E-state index in [0.717, 1.165) is 22.8 Å². The molecule has 0 spiro atoms. The first kappa shape index (κ1) is 23.2. The fraction of sp³-hybridized carbons (Fsp3) is 0.571.